The minimum absolute atomic E-state index is 0.100. The van der Waals surface area contributed by atoms with E-state index in [1.807, 2.05) is 20.8 Å². The van der Waals surface area contributed by atoms with Crippen LogP contribution in [0.4, 0.5) is 0 Å². The minimum Gasteiger partial charge on any atom is -0.464 e. The molecular formula is C14H24N2O4S. The summed E-state index contributed by atoms with van der Waals surface area (Å²) < 4.78 is 38.2. The van der Waals surface area contributed by atoms with Gasteiger partial charge in [0.1, 0.15) is 16.4 Å². The van der Waals surface area contributed by atoms with Gasteiger partial charge in [0.15, 0.2) is 0 Å². The fourth-order valence-corrected chi connectivity index (χ4v) is 4.36. The van der Waals surface area contributed by atoms with E-state index in [0.29, 0.717) is 31.2 Å². The molecule has 120 valence electrons. The number of morpholine rings is 1. The Bertz CT molecular complexity index is 572. The van der Waals surface area contributed by atoms with Crippen molar-refractivity contribution in [2.45, 2.75) is 51.3 Å². The van der Waals surface area contributed by atoms with E-state index in [1.54, 1.807) is 13.0 Å². The zero-order valence-corrected chi connectivity index (χ0v) is 13.9. The number of rotatable bonds is 5. The van der Waals surface area contributed by atoms with Crippen molar-refractivity contribution in [1.29, 1.82) is 0 Å². The van der Waals surface area contributed by atoms with Crippen LogP contribution in [0.15, 0.2) is 15.4 Å². The van der Waals surface area contributed by atoms with Gasteiger partial charge in [0.25, 0.3) is 0 Å². The molecule has 21 heavy (non-hydrogen) atoms. The Labute approximate surface area is 126 Å². The molecule has 0 aromatic carbocycles. The van der Waals surface area contributed by atoms with Gasteiger partial charge in [0.2, 0.25) is 10.0 Å². The van der Waals surface area contributed by atoms with Crippen molar-refractivity contribution in [1.82, 2.24) is 9.62 Å². The van der Waals surface area contributed by atoms with Crippen LogP contribution in [-0.2, 0) is 21.3 Å². The summed E-state index contributed by atoms with van der Waals surface area (Å²) in [5.41, 5.74) is 0. The van der Waals surface area contributed by atoms with Crippen molar-refractivity contribution < 1.29 is 17.6 Å². The van der Waals surface area contributed by atoms with E-state index in [1.165, 1.54) is 4.31 Å². The fourth-order valence-electron chi connectivity index (χ4n) is 2.58. The molecule has 2 rings (SSSR count). The maximum Gasteiger partial charge on any atom is 0.246 e. The Morgan fingerprint density at radius 3 is 2.52 bits per heavy atom. The highest BCUT2D eigenvalue weighted by molar-refractivity contribution is 7.89. The second-order valence-electron chi connectivity index (χ2n) is 5.49. The van der Waals surface area contributed by atoms with Crippen molar-refractivity contribution >= 4 is 10.0 Å². The molecule has 0 aliphatic carbocycles. The fraction of sp³-hybridized carbons (Fsp3) is 0.714. The summed E-state index contributed by atoms with van der Waals surface area (Å²) in [6.07, 6.45) is -0.200. The maximum absolute atomic E-state index is 12.8. The van der Waals surface area contributed by atoms with Crippen LogP contribution in [0.5, 0.6) is 0 Å². The Hall–Kier alpha value is -0.890. The standard InChI is InChI=1S/C14H24N2O4S/c1-5-15-7-13-6-14(12(4)20-13)21(17,18)16-8-10(2)19-11(3)9-16/h6,10-11,15H,5,7-9H2,1-4H3. The first-order valence-corrected chi connectivity index (χ1v) is 8.74. The molecule has 0 saturated carbocycles. The number of hydrogen-bond acceptors (Lipinski definition) is 5. The highest BCUT2D eigenvalue weighted by Gasteiger charge is 2.34. The van der Waals surface area contributed by atoms with Crippen molar-refractivity contribution in [2.24, 2.45) is 0 Å². The van der Waals surface area contributed by atoms with Crippen molar-refractivity contribution in [3.05, 3.63) is 17.6 Å². The molecule has 0 amide bonds. The number of ether oxygens (including phenoxy) is 1. The summed E-state index contributed by atoms with van der Waals surface area (Å²) in [4.78, 5) is 0.261. The van der Waals surface area contributed by atoms with Gasteiger partial charge >= 0.3 is 0 Å². The third-order valence-electron chi connectivity index (χ3n) is 3.48. The van der Waals surface area contributed by atoms with Gasteiger partial charge in [0, 0.05) is 19.2 Å². The van der Waals surface area contributed by atoms with Crippen LogP contribution in [0, 0.1) is 6.92 Å². The van der Waals surface area contributed by atoms with Gasteiger partial charge in [0.05, 0.1) is 18.8 Å². The minimum atomic E-state index is -3.53. The van der Waals surface area contributed by atoms with Crippen LogP contribution in [0.3, 0.4) is 0 Å². The van der Waals surface area contributed by atoms with E-state index in [-0.39, 0.29) is 17.1 Å². The molecule has 1 aliphatic rings. The second kappa shape index (κ2) is 6.48. The molecule has 0 radical (unpaired) electrons. The summed E-state index contributed by atoms with van der Waals surface area (Å²) in [5.74, 6) is 1.08. The van der Waals surface area contributed by atoms with Crippen LogP contribution in [0.25, 0.3) is 0 Å². The molecule has 1 aliphatic heterocycles. The number of hydrogen-bond donors (Lipinski definition) is 1. The SMILES string of the molecule is CCNCc1cc(S(=O)(=O)N2CC(C)OC(C)C2)c(C)o1. The first-order chi connectivity index (χ1) is 9.84. The van der Waals surface area contributed by atoms with E-state index in [0.717, 1.165) is 6.54 Å². The smallest absolute Gasteiger partial charge is 0.246 e. The van der Waals surface area contributed by atoms with E-state index in [2.05, 4.69) is 5.32 Å². The molecule has 2 heterocycles. The van der Waals surface area contributed by atoms with Crippen molar-refractivity contribution in [3.8, 4) is 0 Å². The van der Waals surface area contributed by atoms with Crippen LogP contribution in [0.2, 0.25) is 0 Å². The molecule has 0 bridgehead atoms. The summed E-state index contributed by atoms with van der Waals surface area (Å²) in [6, 6.07) is 1.62. The normalized spacial score (nSPS) is 24.4. The average Bonchev–Trinajstić information content (AvgIpc) is 2.77. The molecule has 1 saturated heterocycles. The number of aryl methyl sites for hydroxylation is 1. The van der Waals surface area contributed by atoms with Crippen LogP contribution in [0.1, 0.15) is 32.3 Å². The third kappa shape index (κ3) is 3.66. The zero-order chi connectivity index (χ0) is 15.6. The highest BCUT2D eigenvalue weighted by atomic mass is 32.2. The number of nitrogens with zero attached hydrogens (tertiary/aromatic N) is 1. The molecule has 1 N–H and O–H groups in total. The molecular weight excluding hydrogens is 292 g/mol. The predicted molar refractivity (Wildman–Crippen MR) is 79.6 cm³/mol. The molecule has 7 heteroatoms. The van der Waals surface area contributed by atoms with Crippen molar-refractivity contribution in [2.75, 3.05) is 19.6 Å². The number of sulfonamides is 1. The first kappa shape index (κ1) is 16.5. The third-order valence-corrected chi connectivity index (χ3v) is 5.42. The Balaban J connectivity index is 2.24. The average molecular weight is 316 g/mol. The van der Waals surface area contributed by atoms with Gasteiger partial charge in [-0.25, -0.2) is 8.42 Å². The lowest BCUT2D eigenvalue weighted by Gasteiger charge is -2.34. The monoisotopic (exact) mass is 316 g/mol. The van der Waals surface area contributed by atoms with Crippen molar-refractivity contribution in [3.63, 3.8) is 0 Å². The quantitative estimate of drug-likeness (QED) is 0.891. The molecule has 2 unspecified atom stereocenters. The van der Waals surface area contributed by atoms with E-state index in [9.17, 15) is 8.42 Å². The molecule has 2 atom stereocenters. The number of furan rings is 1. The van der Waals surface area contributed by atoms with Gasteiger partial charge in [-0.05, 0) is 27.3 Å². The van der Waals surface area contributed by atoms with Crippen LogP contribution < -0.4 is 5.32 Å². The molecule has 1 aromatic heterocycles. The summed E-state index contributed by atoms with van der Waals surface area (Å²) in [6.45, 7) is 9.54. The number of nitrogens with one attached hydrogen (secondary N) is 1. The summed E-state index contributed by atoms with van der Waals surface area (Å²) in [5, 5.41) is 3.13. The van der Waals surface area contributed by atoms with E-state index < -0.39 is 10.0 Å². The Morgan fingerprint density at radius 2 is 1.95 bits per heavy atom. The maximum atomic E-state index is 12.8. The first-order valence-electron chi connectivity index (χ1n) is 7.30. The second-order valence-corrected chi connectivity index (χ2v) is 7.40. The lowest BCUT2D eigenvalue weighted by molar-refractivity contribution is -0.0441. The van der Waals surface area contributed by atoms with E-state index in [4.69, 9.17) is 9.15 Å². The molecule has 1 aromatic rings. The largest absolute Gasteiger partial charge is 0.464 e. The lowest BCUT2D eigenvalue weighted by Crippen LogP contribution is -2.48. The van der Waals surface area contributed by atoms with E-state index >= 15 is 0 Å². The van der Waals surface area contributed by atoms with Gasteiger partial charge in [-0.1, -0.05) is 6.92 Å². The molecule has 1 fully saturated rings. The predicted octanol–water partition coefficient (Wildman–Crippen LogP) is 1.50. The van der Waals surface area contributed by atoms with Crippen LogP contribution >= 0.6 is 0 Å². The highest BCUT2D eigenvalue weighted by Crippen LogP contribution is 2.26. The zero-order valence-electron chi connectivity index (χ0n) is 13.0. The van der Waals surface area contributed by atoms with Gasteiger partial charge in [-0.15, -0.1) is 0 Å². The summed E-state index contributed by atoms with van der Waals surface area (Å²) in [7, 11) is -3.53. The van der Waals surface area contributed by atoms with Gasteiger partial charge in [-0.2, -0.15) is 4.31 Å². The van der Waals surface area contributed by atoms with Gasteiger partial charge in [-0.3, -0.25) is 0 Å². The lowest BCUT2D eigenvalue weighted by atomic mass is 10.3. The van der Waals surface area contributed by atoms with Crippen LogP contribution in [-0.4, -0.2) is 44.6 Å². The molecule has 0 spiro atoms. The van der Waals surface area contributed by atoms with Gasteiger partial charge < -0.3 is 14.5 Å². The summed E-state index contributed by atoms with van der Waals surface area (Å²) >= 11 is 0. The topological polar surface area (TPSA) is 71.8 Å². The Morgan fingerprint density at radius 1 is 1.33 bits per heavy atom. The Kier molecular flexibility index (Phi) is 5.08. The molecule has 6 nitrogen and oxygen atoms in total.